The maximum Gasteiger partial charge on any atom is 0.354 e. The minimum Gasteiger partial charge on any atom is -0.422 e. The number of benzene rings is 1. The zero-order chi connectivity index (χ0) is 15.8. The van der Waals surface area contributed by atoms with Crippen LogP contribution in [0.3, 0.4) is 0 Å². The van der Waals surface area contributed by atoms with Crippen molar-refractivity contribution in [2.75, 3.05) is 0 Å². The zero-order valence-corrected chi connectivity index (χ0v) is 10.4. The van der Waals surface area contributed by atoms with E-state index < -0.39 is 17.9 Å². The van der Waals surface area contributed by atoms with Crippen LogP contribution in [0.15, 0.2) is 18.2 Å². The summed E-state index contributed by atoms with van der Waals surface area (Å²) in [5.74, 6) is -3.41. The molecule has 0 radical (unpaired) electrons. The van der Waals surface area contributed by atoms with Crippen LogP contribution in [-0.2, 0) is 14.4 Å². The summed E-state index contributed by atoms with van der Waals surface area (Å²) in [6.07, 6.45) is 1.25. The largest absolute Gasteiger partial charge is 0.422 e. The summed E-state index contributed by atoms with van der Waals surface area (Å²) >= 11 is 0. The van der Waals surface area contributed by atoms with Crippen molar-refractivity contribution in [2.45, 2.75) is 0 Å². The second kappa shape index (κ2) is 7.28. The summed E-state index contributed by atoms with van der Waals surface area (Å²) in [7, 11) is 0. The molecule has 1 rings (SSSR count). The van der Waals surface area contributed by atoms with E-state index in [1.54, 1.807) is 0 Å². The molecule has 0 saturated heterocycles. The first-order chi connectivity index (χ1) is 9.98. The maximum atomic E-state index is 11.0. The number of esters is 3. The van der Waals surface area contributed by atoms with Gasteiger partial charge in [0.1, 0.15) is 35.9 Å². The highest BCUT2D eigenvalue weighted by Gasteiger charge is 2.11. The Bertz CT molecular complexity index is 527. The van der Waals surface area contributed by atoms with Crippen molar-refractivity contribution in [2.24, 2.45) is 0 Å². The summed E-state index contributed by atoms with van der Waals surface area (Å²) in [6, 6.07) is 3.39. The van der Waals surface area contributed by atoms with Gasteiger partial charge in [-0.1, -0.05) is 0 Å². The van der Waals surface area contributed by atoms with Crippen molar-refractivity contribution in [3.8, 4) is 17.2 Å². The van der Waals surface area contributed by atoms with Crippen LogP contribution < -0.4 is 14.2 Å². The Labute approximate surface area is 118 Å². The van der Waals surface area contributed by atoms with Gasteiger partial charge in [-0.2, -0.15) is 0 Å². The second-order valence-corrected chi connectivity index (χ2v) is 3.34. The molecular weight excluding hydrogens is 282 g/mol. The molecule has 0 heterocycles. The third-order valence-corrected chi connectivity index (χ3v) is 1.86. The number of hydrogen-bond acceptors (Lipinski definition) is 9. The maximum absolute atomic E-state index is 11.0. The summed E-state index contributed by atoms with van der Waals surface area (Å²) < 4.78 is 14.1. The van der Waals surface area contributed by atoms with E-state index in [-0.39, 0.29) is 17.2 Å². The van der Waals surface area contributed by atoms with Crippen molar-refractivity contribution in [1.82, 2.24) is 0 Å². The number of ether oxygens (including phenoxy) is 3. The van der Waals surface area contributed by atoms with Gasteiger partial charge in [0.25, 0.3) is 0 Å². The van der Waals surface area contributed by atoms with Crippen LogP contribution in [0.1, 0.15) is 0 Å². The monoisotopic (exact) mass is 291 g/mol. The van der Waals surface area contributed by atoms with E-state index in [0.717, 1.165) is 18.2 Å². The second-order valence-electron chi connectivity index (χ2n) is 3.34. The first kappa shape index (κ1) is 15.7. The number of hydrogen-bond donors (Lipinski definition) is 3. The average molecular weight is 291 g/mol. The van der Waals surface area contributed by atoms with E-state index in [1.807, 2.05) is 0 Å². The lowest BCUT2D eigenvalue weighted by molar-refractivity contribution is -0.127. The molecule has 0 saturated carbocycles. The fourth-order valence-electron chi connectivity index (χ4n) is 1.16. The third-order valence-electron chi connectivity index (χ3n) is 1.86. The Hall–Kier alpha value is -3.36. The van der Waals surface area contributed by atoms with Crippen LogP contribution in [0.5, 0.6) is 17.2 Å². The normalized spacial score (nSPS) is 9.14. The van der Waals surface area contributed by atoms with E-state index in [0.29, 0.717) is 18.6 Å². The quantitative estimate of drug-likeness (QED) is 0.391. The molecule has 1 aromatic carbocycles. The molecule has 0 spiro atoms. The predicted molar refractivity (Wildman–Crippen MR) is 69.7 cm³/mol. The molecule has 0 aromatic heterocycles. The highest BCUT2D eigenvalue weighted by molar-refractivity contribution is 6.23. The Kier molecular flexibility index (Phi) is 5.44. The summed E-state index contributed by atoms with van der Waals surface area (Å²) in [6.45, 7) is 0. The van der Waals surface area contributed by atoms with Crippen LogP contribution in [0, 0.1) is 16.2 Å². The zero-order valence-electron chi connectivity index (χ0n) is 10.4. The minimum absolute atomic E-state index is 0.147. The van der Waals surface area contributed by atoms with Crippen LogP contribution >= 0.6 is 0 Å². The Balaban J connectivity index is 3.11. The molecule has 0 atom stereocenters. The molecule has 0 aliphatic carbocycles. The lowest BCUT2D eigenvalue weighted by Crippen LogP contribution is -2.12. The highest BCUT2D eigenvalue weighted by atomic mass is 16.6. The first-order valence-corrected chi connectivity index (χ1v) is 5.30. The molecule has 0 aliphatic heterocycles. The van der Waals surface area contributed by atoms with E-state index >= 15 is 0 Å². The summed E-state index contributed by atoms with van der Waals surface area (Å²) in [4.78, 5) is 33.0. The molecule has 0 amide bonds. The fraction of sp³-hybridized carbons (Fsp3) is 0. The Morgan fingerprint density at radius 1 is 0.667 bits per heavy atom. The van der Waals surface area contributed by atoms with E-state index in [2.05, 4.69) is 0 Å². The van der Waals surface area contributed by atoms with Gasteiger partial charge in [0.2, 0.25) is 0 Å². The van der Waals surface area contributed by atoms with E-state index in [4.69, 9.17) is 30.4 Å². The number of rotatable bonds is 6. The third kappa shape index (κ3) is 5.03. The molecule has 0 bridgehead atoms. The van der Waals surface area contributed by atoms with Gasteiger partial charge in [0.15, 0.2) is 0 Å². The van der Waals surface area contributed by atoms with Crippen molar-refractivity contribution in [3.05, 3.63) is 18.2 Å². The summed E-state index contributed by atoms with van der Waals surface area (Å²) in [5.41, 5.74) is 0. The van der Waals surface area contributed by atoms with Gasteiger partial charge in [-0.15, -0.1) is 0 Å². The van der Waals surface area contributed by atoms with Gasteiger partial charge in [0, 0.05) is 18.2 Å². The number of carbonyl (C=O) groups excluding carboxylic acids is 3. The molecule has 1 aromatic rings. The van der Waals surface area contributed by atoms with Crippen LogP contribution in [-0.4, -0.2) is 36.6 Å². The lowest BCUT2D eigenvalue weighted by Gasteiger charge is -2.08. The lowest BCUT2D eigenvalue weighted by atomic mass is 10.3. The van der Waals surface area contributed by atoms with Gasteiger partial charge in [-0.05, 0) is 0 Å². The fourth-order valence-corrected chi connectivity index (χ4v) is 1.16. The van der Waals surface area contributed by atoms with Crippen LogP contribution in [0.2, 0.25) is 0 Å². The van der Waals surface area contributed by atoms with Gasteiger partial charge < -0.3 is 30.4 Å². The van der Waals surface area contributed by atoms with Crippen molar-refractivity contribution < 1.29 is 28.6 Å². The summed E-state index contributed by atoms with van der Waals surface area (Å²) in [5, 5.41) is 20.2. The van der Waals surface area contributed by atoms with Gasteiger partial charge >= 0.3 is 17.9 Å². The average Bonchev–Trinajstić information content (AvgIpc) is 2.46. The Morgan fingerprint density at radius 2 is 0.905 bits per heavy atom. The van der Waals surface area contributed by atoms with Crippen molar-refractivity contribution in [3.63, 3.8) is 0 Å². The standard InChI is InChI=1S/C12H9N3O6/c13-4-10(16)19-7-1-8(20-11(17)5-14)3-9(2-7)21-12(18)6-15/h1-6,13-15H. The molecule has 21 heavy (non-hydrogen) atoms. The molecule has 9 nitrogen and oxygen atoms in total. The van der Waals surface area contributed by atoms with E-state index in [9.17, 15) is 14.4 Å². The smallest absolute Gasteiger partial charge is 0.354 e. The topological polar surface area (TPSA) is 150 Å². The molecule has 3 N–H and O–H groups in total. The number of carbonyl (C=O) groups is 3. The van der Waals surface area contributed by atoms with Crippen LogP contribution in [0.4, 0.5) is 0 Å². The molecule has 9 heteroatoms. The molecule has 0 unspecified atom stereocenters. The molecular formula is C12H9N3O6. The molecule has 108 valence electrons. The minimum atomic E-state index is -0.991. The first-order valence-electron chi connectivity index (χ1n) is 5.30. The predicted octanol–water partition coefficient (Wildman–Crippen LogP) is 0.352. The highest BCUT2D eigenvalue weighted by Crippen LogP contribution is 2.28. The molecule has 0 fully saturated rings. The van der Waals surface area contributed by atoms with Gasteiger partial charge in [0.05, 0.1) is 0 Å². The Morgan fingerprint density at radius 3 is 1.10 bits per heavy atom. The van der Waals surface area contributed by atoms with Gasteiger partial charge in [-0.25, -0.2) is 14.4 Å². The van der Waals surface area contributed by atoms with Crippen LogP contribution in [0.25, 0.3) is 0 Å². The van der Waals surface area contributed by atoms with E-state index in [1.165, 1.54) is 0 Å². The SMILES string of the molecule is N=CC(=O)Oc1cc(OC(=O)C=N)cc(OC(=O)C=N)c1. The van der Waals surface area contributed by atoms with Gasteiger partial charge in [-0.3, -0.25) is 0 Å². The van der Waals surface area contributed by atoms with Crippen molar-refractivity contribution in [1.29, 1.82) is 16.2 Å². The molecule has 0 aliphatic rings. The number of nitrogens with one attached hydrogen (secondary N) is 3. The van der Waals surface area contributed by atoms with Crippen molar-refractivity contribution >= 4 is 36.6 Å².